The molecule has 0 bridgehead atoms. The third-order valence-corrected chi connectivity index (χ3v) is 3.01. The maximum atomic E-state index is 9.07. The molecule has 0 aromatic heterocycles. The van der Waals surface area contributed by atoms with Crippen molar-refractivity contribution in [3.63, 3.8) is 0 Å². The predicted octanol–water partition coefficient (Wildman–Crippen LogP) is 2.30. The van der Waals surface area contributed by atoms with Gasteiger partial charge in [-0.05, 0) is 23.6 Å². The molecule has 0 radical (unpaired) electrons. The lowest BCUT2D eigenvalue weighted by Gasteiger charge is -2.19. The predicted molar refractivity (Wildman–Crippen MR) is 76.1 cm³/mol. The molecule has 3 nitrogen and oxygen atoms in total. The van der Waals surface area contributed by atoms with Crippen LogP contribution in [-0.2, 0) is 6.42 Å². The summed E-state index contributed by atoms with van der Waals surface area (Å²) in [6, 6.07) is 17.7. The number of rotatable bonds is 6. The fourth-order valence-electron chi connectivity index (χ4n) is 2.02. The Morgan fingerprint density at radius 1 is 1.00 bits per heavy atom. The first kappa shape index (κ1) is 13.6. The third-order valence-electron chi connectivity index (χ3n) is 3.01. The average Bonchev–Trinajstić information content (AvgIpc) is 2.47. The van der Waals surface area contributed by atoms with E-state index in [0.29, 0.717) is 13.0 Å². The molecule has 2 aromatic carbocycles. The molecule has 0 aliphatic heterocycles. The van der Waals surface area contributed by atoms with E-state index in [-0.39, 0.29) is 12.7 Å². The quantitative estimate of drug-likeness (QED) is 0.835. The molecule has 0 aliphatic carbocycles. The van der Waals surface area contributed by atoms with Gasteiger partial charge in [-0.2, -0.15) is 0 Å². The van der Waals surface area contributed by atoms with Gasteiger partial charge in [0.05, 0.1) is 0 Å². The highest BCUT2D eigenvalue weighted by molar-refractivity contribution is 5.34. The molecular weight excluding hydrogens is 238 g/mol. The second-order valence-corrected chi connectivity index (χ2v) is 4.33. The largest absolute Gasteiger partial charge is 0.484 e. The van der Waals surface area contributed by atoms with Gasteiger partial charge in [0.25, 0.3) is 0 Å². The van der Waals surface area contributed by atoms with Crippen LogP contribution in [0.25, 0.3) is 0 Å². The molecule has 3 N–H and O–H groups in total. The van der Waals surface area contributed by atoms with E-state index in [4.69, 9.17) is 15.6 Å². The van der Waals surface area contributed by atoms with Gasteiger partial charge in [-0.1, -0.05) is 48.5 Å². The van der Waals surface area contributed by atoms with E-state index in [1.54, 1.807) is 0 Å². The van der Waals surface area contributed by atoms with E-state index in [2.05, 4.69) is 0 Å². The number of benzene rings is 2. The van der Waals surface area contributed by atoms with Crippen molar-refractivity contribution in [3.8, 4) is 5.75 Å². The lowest BCUT2D eigenvalue weighted by molar-refractivity contribution is 0.210. The van der Waals surface area contributed by atoms with E-state index >= 15 is 0 Å². The monoisotopic (exact) mass is 257 g/mol. The van der Waals surface area contributed by atoms with Crippen molar-refractivity contribution < 1.29 is 9.84 Å². The zero-order valence-electron chi connectivity index (χ0n) is 10.8. The van der Waals surface area contributed by atoms with E-state index in [1.165, 1.54) is 0 Å². The fourth-order valence-corrected chi connectivity index (χ4v) is 2.02. The van der Waals surface area contributed by atoms with Gasteiger partial charge in [-0.3, -0.25) is 0 Å². The Morgan fingerprint density at radius 2 is 1.68 bits per heavy atom. The van der Waals surface area contributed by atoms with Crippen molar-refractivity contribution in [2.24, 2.45) is 5.73 Å². The molecule has 19 heavy (non-hydrogen) atoms. The molecule has 0 saturated heterocycles. The van der Waals surface area contributed by atoms with E-state index in [0.717, 1.165) is 16.9 Å². The first-order valence-corrected chi connectivity index (χ1v) is 6.45. The van der Waals surface area contributed by atoms with Gasteiger partial charge in [-0.25, -0.2) is 0 Å². The number of para-hydroxylation sites is 1. The third kappa shape index (κ3) is 3.56. The molecule has 0 fully saturated rings. The highest BCUT2D eigenvalue weighted by Crippen LogP contribution is 2.25. The number of hydrogen-bond acceptors (Lipinski definition) is 3. The summed E-state index contributed by atoms with van der Waals surface area (Å²) in [5.41, 5.74) is 7.86. The van der Waals surface area contributed by atoms with Gasteiger partial charge in [0.2, 0.25) is 0 Å². The van der Waals surface area contributed by atoms with Crippen molar-refractivity contribution >= 4 is 0 Å². The lowest BCUT2D eigenvalue weighted by atomic mass is 10.1. The molecule has 2 aromatic rings. The van der Waals surface area contributed by atoms with Crippen LogP contribution in [0.3, 0.4) is 0 Å². The summed E-state index contributed by atoms with van der Waals surface area (Å²) >= 11 is 0. The second-order valence-electron chi connectivity index (χ2n) is 4.33. The van der Waals surface area contributed by atoms with E-state index < -0.39 is 0 Å². The lowest BCUT2D eigenvalue weighted by Crippen LogP contribution is -2.19. The van der Waals surface area contributed by atoms with Gasteiger partial charge >= 0.3 is 0 Å². The minimum atomic E-state index is -0.166. The SMILES string of the molecule is NCC(Oc1ccccc1CCO)c1ccccc1. The van der Waals surface area contributed by atoms with Crippen molar-refractivity contribution in [3.05, 3.63) is 65.7 Å². The summed E-state index contributed by atoms with van der Waals surface area (Å²) in [4.78, 5) is 0. The Kier molecular flexibility index (Phi) is 4.95. The van der Waals surface area contributed by atoms with E-state index in [1.807, 2.05) is 54.6 Å². The van der Waals surface area contributed by atoms with Crippen LogP contribution in [-0.4, -0.2) is 18.3 Å². The molecule has 0 saturated carbocycles. The highest BCUT2D eigenvalue weighted by atomic mass is 16.5. The first-order chi connectivity index (χ1) is 9.35. The Hall–Kier alpha value is -1.84. The van der Waals surface area contributed by atoms with Crippen molar-refractivity contribution in [1.29, 1.82) is 0 Å². The van der Waals surface area contributed by atoms with Crippen LogP contribution in [0.15, 0.2) is 54.6 Å². The summed E-state index contributed by atoms with van der Waals surface area (Å²) in [6.07, 6.45) is 0.420. The van der Waals surface area contributed by atoms with Gasteiger partial charge in [0.15, 0.2) is 0 Å². The summed E-state index contributed by atoms with van der Waals surface area (Å²) in [6.45, 7) is 0.524. The van der Waals surface area contributed by atoms with Crippen molar-refractivity contribution in [2.75, 3.05) is 13.2 Å². The Balaban J connectivity index is 2.19. The van der Waals surface area contributed by atoms with Crippen LogP contribution in [0, 0.1) is 0 Å². The minimum Gasteiger partial charge on any atom is -0.484 e. The zero-order valence-corrected chi connectivity index (χ0v) is 10.8. The van der Waals surface area contributed by atoms with Gasteiger partial charge < -0.3 is 15.6 Å². The van der Waals surface area contributed by atoms with Crippen molar-refractivity contribution in [1.82, 2.24) is 0 Å². The standard InChI is InChI=1S/C16H19NO2/c17-12-16(13-6-2-1-3-7-13)19-15-9-5-4-8-14(15)10-11-18/h1-9,16,18H,10-12,17H2. The molecule has 0 amide bonds. The molecule has 0 heterocycles. The molecule has 3 heteroatoms. The van der Waals surface area contributed by atoms with Crippen LogP contribution in [0.1, 0.15) is 17.2 Å². The molecule has 0 aliphatic rings. The van der Waals surface area contributed by atoms with Gasteiger partial charge in [0.1, 0.15) is 11.9 Å². The maximum absolute atomic E-state index is 9.07. The minimum absolute atomic E-state index is 0.110. The summed E-state index contributed by atoms with van der Waals surface area (Å²) in [5, 5.41) is 9.07. The summed E-state index contributed by atoms with van der Waals surface area (Å²) < 4.78 is 6.00. The number of aliphatic hydroxyl groups excluding tert-OH is 1. The van der Waals surface area contributed by atoms with Crippen molar-refractivity contribution in [2.45, 2.75) is 12.5 Å². The van der Waals surface area contributed by atoms with E-state index in [9.17, 15) is 0 Å². The molecule has 2 rings (SSSR count). The smallest absolute Gasteiger partial charge is 0.136 e. The molecule has 1 atom stereocenters. The Morgan fingerprint density at radius 3 is 2.37 bits per heavy atom. The average molecular weight is 257 g/mol. The molecule has 0 spiro atoms. The molecule has 1 unspecified atom stereocenters. The summed E-state index contributed by atoms with van der Waals surface area (Å²) in [7, 11) is 0. The Bertz CT molecular complexity index is 499. The van der Waals surface area contributed by atoms with Crippen LogP contribution in [0.2, 0.25) is 0 Å². The number of nitrogens with two attached hydrogens (primary N) is 1. The maximum Gasteiger partial charge on any atom is 0.136 e. The number of hydrogen-bond donors (Lipinski definition) is 2. The van der Waals surface area contributed by atoms with Crippen LogP contribution in [0.5, 0.6) is 5.75 Å². The highest BCUT2D eigenvalue weighted by Gasteiger charge is 2.12. The fraction of sp³-hybridized carbons (Fsp3) is 0.250. The number of aliphatic hydroxyl groups is 1. The van der Waals surface area contributed by atoms with Gasteiger partial charge in [0, 0.05) is 13.2 Å². The first-order valence-electron chi connectivity index (χ1n) is 6.45. The summed E-state index contributed by atoms with van der Waals surface area (Å²) in [5.74, 6) is 0.788. The Labute approximate surface area is 113 Å². The normalized spacial score (nSPS) is 12.1. The van der Waals surface area contributed by atoms with Gasteiger partial charge in [-0.15, -0.1) is 0 Å². The van der Waals surface area contributed by atoms with Crippen LogP contribution in [0.4, 0.5) is 0 Å². The zero-order chi connectivity index (χ0) is 13.5. The topological polar surface area (TPSA) is 55.5 Å². The van der Waals surface area contributed by atoms with Crippen LogP contribution >= 0.6 is 0 Å². The molecule has 100 valence electrons. The van der Waals surface area contributed by atoms with Crippen LogP contribution < -0.4 is 10.5 Å². The number of ether oxygens (including phenoxy) is 1. The molecular formula is C16H19NO2. The second kappa shape index (κ2) is 6.92.